The molecule has 20 heavy (non-hydrogen) atoms. The first-order valence-corrected chi connectivity index (χ1v) is 6.20. The molecule has 1 aromatic rings. The van der Waals surface area contributed by atoms with Gasteiger partial charge in [0, 0.05) is 0 Å². The Morgan fingerprint density at radius 2 is 2.05 bits per heavy atom. The first kappa shape index (κ1) is 16.3. The lowest BCUT2D eigenvalue weighted by molar-refractivity contribution is -0.151. The molecule has 0 aliphatic heterocycles. The monoisotopic (exact) mass is 286 g/mol. The lowest BCUT2D eigenvalue weighted by Gasteiger charge is -2.23. The Labute approximate surface area is 116 Å². The first-order valence-electron chi connectivity index (χ1n) is 6.20. The summed E-state index contributed by atoms with van der Waals surface area (Å²) in [5.74, 6) is -0.493. The minimum Gasteiger partial charge on any atom is -0.465 e. The maximum absolute atomic E-state index is 12.7. The molecule has 0 aromatic heterocycles. The number of carbonyl (C=O) groups is 1. The molecule has 0 amide bonds. The van der Waals surface area contributed by atoms with Gasteiger partial charge in [-0.25, -0.2) is 0 Å². The Balaban J connectivity index is 3.02. The van der Waals surface area contributed by atoms with E-state index in [1.165, 1.54) is 12.1 Å². The van der Waals surface area contributed by atoms with E-state index < -0.39 is 23.1 Å². The predicted octanol–water partition coefficient (Wildman–Crippen LogP) is 4.00. The summed E-state index contributed by atoms with van der Waals surface area (Å²) in [6.07, 6.45) is -2.88. The molecule has 0 bridgehead atoms. The fraction of sp³-hybridized carbons (Fsp3) is 0.400. The molecular weight excluding hydrogens is 269 g/mol. The highest BCUT2D eigenvalue weighted by atomic mass is 19.4. The molecule has 0 radical (unpaired) electrons. The van der Waals surface area contributed by atoms with Crippen molar-refractivity contribution in [2.24, 2.45) is 5.41 Å². The van der Waals surface area contributed by atoms with Gasteiger partial charge in [-0.3, -0.25) is 4.79 Å². The Kier molecular flexibility index (Phi) is 4.98. The molecule has 0 N–H and O–H groups in total. The van der Waals surface area contributed by atoms with Gasteiger partial charge in [-0.05, 0) is 31.9 Å². The van der Waals surface area contributed by atoms with Crippen LogP contribution >= 0.6 is 0 Å². The quantitative estimate of drug-likeness (QED) is 0.604. The van der Waals surface area contributed by atoms with Gasteiger partial charge in [0.2, 0.25) is 0 Å². The largest absolute Gasteiger partial charge is 0.465 e. The van der Waals surface area contributed by atoms with E-state index in [0.29, 0.717) is 5.56 Å². The number of carbonyl (C=O) groups excluding carboxylic acids is 1. The SMILES string of the molecule is C=CC(C)(Cc1cccc(C(F)(F)F)c1)C(=O)OCC. The minimum absolute atomic E-state index is 0.110. The van der Waals surface area contributed by atoms with E-state index in [1.54, 1.807) is 19.9 Å². The van der Waals surface area contributed by atoms with Crippen molar-refractivity contribution in [2.45, 2.75) is 26.4 Å². The zero-order valence-electron chi connectivity index (χ0n) is 11.5. The van der Waals surface area contributed by atoms with Crippen molar-refractivity contribution in [1.29, 1.82) is 0 Å². The number of halogens is 3. The maximum Gasteiger partial charge on any atom is 0.416 e. The Bertz CT molecular complexity index is 494. The van der Waals surface area contributed by atoms with E-state index in [0.717, 1.165) is 12.1 Å². The molecule has 0 aliphatic rings. The number of hydrogen-bond donors (Lipinski definition) is 0. The van der Waals surface area contributed by atoms with Crippen LogP contribution in [0.2, 0.25) is 0 Å². The van der Waals surface area contributed by atoms with Crippen molar-refractivity contribution in [3.05, 3.63) is 48.0 Å². The van der Waals surface area contributed by atoms with Crippen LogP contribution in [0.1, 0.15) is 25.0 Å². The zero-order chi connectivity index (χ0) is 15.4. The summed E-state index contributed by atoms with van der Waals surface area (Å²) in [6.45, 7) is 7.06. The standard InChI is InChI=1S/C15H17F3O2/c1-4-14(3,13(19)20-5-2)10-11-7-6-8-12(9-11)15(16,17)18/h4,6-9H,1,5,10H2,2-3H3. The summed E-state index contributed by atoms with van der Waals surface area (Å²) < 4.78 is 42.9. The van der Waals surface area contributed by atoms with Gasteiger partial charge in [0.1, 0.15) is 0 Å². The molecule has 1 unspecified atom stereocenters. The molecule has 0 fully saturated rings. The summed E-state index contributed by atoms with van der Waals surface area (Å²) in [5, 5.41) is 0. The summed E-state index contributed by atoms with van der Waals surface area (Å²) >= 11 is 0. The van der Waals surface area contributed by atoms with E-state index in [-0.39, 0.29) is 13.0 Å². The van der Waals surface area contributed by atoms with Gasteiger partial charge in [0.05, 0.1) is 17.6 Å². The number of rotatable bonds is 5. The van der Waals surface area contributed by atoms with E-state index >= 15 is 0 Å². The van der Waals surface area contributed by atoms with Crippen LogP contribution in [0.3, 0.4) is 0 Å². The topological polar surface area (TPSA) is 26.3 Å². The molecule has 0 aliphatic carbocycles. The second kappa shape index (κ2) is 6.11. The number of esters is 1. The van der Waals surface area contributed by atoms with Crippen LogP contribution < -0.4 is 0 Å². The van der Waals surface area contributed by atoms with Crippen LogP contribution in [-0.2, 0) is 22.1 Å². The molecular formula is C15H17F3O2. The summed E-state index contributed by atoms with van der Waals surface area (Å²) in [6, 6.07) is 4.92. The Morgan fingerprint density at radius 1 is 1.40 bits per heavy atom. The van der Waals surface area contributed by atoms with Crippen molar-refractivity contribution in [2.75, 3.05) is 6.61 Å². The van der Waals surface area contributed by atoms with Gasteiger partial charge >= 0.3 is 12.1 Å². The third-order valence-electron chi connectivity index (χ3n) is 3.02. The summed E-state index contributed by atoms with van der Waals surface area (Å²) in [4.78, 5) is 11.9. The van der Waals surface area contributed by atoms with E-state index in [4.69, 9.17) is 4.74 Å². The molecule has 0 heterocycles. The van der Waals surface area contributed by atoms with Gasteiger partial charge in [0.15, 0.2) is 0 Å². The first-order chi connectivity index (χ1) is 9.23. The molecule has 0 spiro atoms. The van der Waals surface area contributed by atoms with Crippen molar-refractivity contribution in [3.8, 4) is 0 Å². The van der Waals surface area contributed by atoms with Crippen LogP contribution in [0, 0.1) is 5.41 Å². The number of ether oxygens (including phenoxy) is 1. The molecule has 2 nitrogen and oxygen atoms in total. The third-order valence-corrected chi connectivity index (χ3v) is 3.02. The van der Waals surface area contributed by atoms with E-state index in [1.807, 2.05) is 0 Å². The molecule has 1 aromatic carbocycles. The van der Waals surface area contributed by atoms with Gasteiger partial charge in [0.25, 0.3) is 0 Å². The van der Waals surface area contributed by atoms with Crippen LogP contribution in [0.15, 0.2) is 36.9 Å². The lowest BCUT2D eigenvalue weighted by Crippen LogP contribution is -2.30. The van der Waals surface area contributed by atoms with Gasteiger partial charge in [-0.2, -0.15) is 13.2 Å². The number of alkyl halides is 3. The molecule has 5 heteroatoms. The molecule has 0 saturated heterocycles. The summed E-state index contributed by atoms with van der Waals surface area (Å²) in [5.41, 5.74) is -1.36. The number of benzene rings is 1. The van der Waals surface area contributed by atoms with Crippen LogP contribution in [0.4, 0.5) is 13.2 Å². The van der Waals surface area contributed by atoms with E-state index in [9.17, 15) is 18.0 Å². The highest BCUT2D eigenvalue weighted by Gasteiger charge is 2.34. The summed E-state index contributed by atoms with van der Waals surface area (Å²) in [7, 11) is 0. The van der Waals surface area contributed by atoms with Crippen LogP contribution in [0.5, 0.6) is 0 Å². The van der Waals surface area contributed by atoms with Crippen molar-refractivity contribution in [1.82, 2.24) is 0 Å². The normalized spacial score (nSPS) is 14.4. The molecule has 1 atom stereocenters. The molecule has 0 saturated carbocycles. The fourth-order valence-corrected chi connectivity index (χ4v) is 1.81. The van der Waals surface area contributed by atoms with E-state index in [2.05, 4.69) is 6.58 Å². The third kappa shape index (κ3) is 3.85. The van der Waals surface area contributed by atoms with Crippen molar-refractivity contribution in [3.63, 3.8) is 0 Å². The fourth-order valence-electron chi connectivity index (χ4n) is 1.81. The highest BCUT2D eigenvalue weighted by molar-refractivity contribution is 5.79. The van der Waals surface area contributed by atoms with Crippen LogP contribution in [-0.4, -0.2) is 12.6 Å². The smallest absolute Gasteiger partial charge is 0.416 e. The minimum atomic E-state index is -4.40. The van der Waals surface area contributed by atoms with Gasteiger partial charge in [-0.1, -0.05) is 24.3 Å². The van der Waals surface area contributed by atoms with Crippen molar-refractivity contribution < 1.29 is 22.7 Å². The Morgan fingerprint density at radius 3 is 2.55 bits per heavy atom. The van der Waals surface area contributed by atoms with Crippen LogP contribution in [0.25, 0.3) is 0 Å². The second-order valence-corrected chi connectivity index (χ2v) is 4.72. The average molecular weight is 286 g/mol. The van der Waals surface area contributed by atoms with Gasteiger partial charge in [-0.15, -0.1) is 6.58 Å². The number of hydrogen-bond acceptors (Lipinski definition) is 2. The zero-order valence-corrected chi connectivity index (χ0v) is 11.5. The highest BCUT2D eigenvalue weighted by Crippen LogP contribution is 2.32. The maximum atomic E-state index is 12.7. The van der Waals surface area contributed by atoms with Crippen molar-refractivity contribution >= 4 is 5.97 Å². The Hall–Kier alpha value is -1.78. The molecule has 110 valence electrons. The average Bonchev–Trinajstić information content (AvgIpc) is 2.38. The molecule has 1 rings (SSSR count). The second-order valence-electron chi connectivity index (χ2n) is 4.72. The lowest BCUT2D eigenvalue weighted by atomic mass is 9.83. The van der Waals surface area contributed by atoms with Gasteiger partial charge < -0.3 is 4.74 Å². The predicted molar refractivity (Wildman–Crippen MR) is 70.1 cm³/mol.